The van der Waals surface area contributed by atoms with Gasteiger partial charge in [-0.15, -0.1) is 0 Å². The minimum atomic E-state index is 0.202. The van der Waals surface area contributed by atoms with E-state index in [1.54, 1.807) is 6.20 Å². The Kier molecular flexibility index (Phi) is 2.79. The summed E-state index contributed by atoms with van der Waals surface area (Å²) in [6.45, 7) is 2.39. The van der Waals surface area contributed by atoms with Gasteiger partial charge < -0.3 is 10.5 Å². The SMILES string of the molecule is NCCCC1(c2cccnc2)COC1. The minimum absolute atomic E-state index is 0.202. The molecule has 1 fully saturated rings. The number of nitrogens with zero attached hydrogens (tertiary/aromatic N) is 1. The normalized spacial score (nSPS) is 18.9. The summed E-state index contributed by atoms with van der Waals surface area (Å²) in [4.78, 5) is 4.15. The number of pyridine rings is 1. The van der Waals surface area contributed by atoms with E-state index in [1.807, 2.05) is 12.3 Å². The maximum absolute atomic E-state index is 5.54. The third-order valence-electron chi connectivity index (χ3n) is 2.89. The molecule has 0 atom stereocenters. The van der Waals surface area contributed by atoms with Gasteiger partial charge in [0.15, 0.2) is 0 Å². The van der Waals surface area contributed by atoms with Gasteiger partial charge >= 0.3 is 0 Å². The molecule has 2 heterocycles. The van der Waals surface area contributed by atoms with E-state index in [1.165, 1.54) is 5.56 Å². The van der Waals surface area contributed by atoms with Crippen LogP contribution in [0.2, 0.25) is 0 Å². The van der Waals surface area contributed by atoms with Crippen LogP contribution in [0.3, 0.4) is 0 Å². The first-order valence-corrected chi connectivity index (χ1v) is 5.06. The molecule has 1 saturated heterocycles. The molecule has 14 heavy (non-hydrogen) atoms. The zero-order valence-electron chi connectivity index (χ0n) is 8.28. The van der Waals surface area contributed by atoms with Crippen LogP contribution in [-0.2, 0) is 10.2 Å². The molecule has 3 heteroatoms. The number of aromatic nitrogens is 1. The number of hydrogen-bond acceptors (Lipinski definition) is 3. The van der Waals surface area contributed by atoms with Gasteiger partial charge in [-0.05, 0) is 31.0 Å². The highest BCUT2D eigenvalue weighted by atomic mass is 16.5. The van der Waals surface area contributed by atoms with Crippen molar-refractivity contribution in [3.63, 3.8) is 0 Å². The van der Waals surface area contributed by atoms with E-state index < -0.39 is 0 Å². The van der Waals surface area contributed by atoms with Gasteiger partial charge in [0.25, 0.3) is 0 Å². The van der Waals surface area contributed by atoms with E-state index >= 15 is 0 Å². The average Bonchev–Trinajstić information content (AvgIpc) is 2.18. The molecule has 0 aliphatic carbocycles. The molecule has 3 nitrogen and oxygen atoms in total. The molecule has 2 rings (SSSR count). The van der Waals surface area contributed by atoms with E-state index in [4.69, 9.17) is 10.5 Å². The van der Waals surface area contributed by atoms with E-state index in [0.29, 0.717) is 0 Å². The molecule has 0 radical (unpaired) electrons. The van der Waals surface area contributed by atoms with Crippen LogP contribution in [0.1, 0.15) is 18.4 Å². The van der Waals surface area contributed by atoms with Gasteiger partial charge in [0.2, 0.25) is 0 Å². The maximum Gasteiger partial charge on any atom is 0.0586 e. The molecule has 0 bridgehead atoms. The summed E-state index contributed by atoms with van der Waals surface area (Å²) < 4.78 is 5.32. The summed E-state index contributed by atoms with van der Waals surface area (Å²) in [5, 5.41) is 0. The second kappa shape index (κ2) is 4.07. The van der Waals surface area contributed by atoms with Crippen molar-refractivity contribution in [3.05, 3.63) is 30.1 Å². The van der Waals surface area contributed by atoms with Crippen LogP contribution in [-0.4, -0.2) is 24.7 Å². The van der Waals surface area contributed by atoms with Gasteiger partial charge in [0, 0.05) is 17.8 Å². The molecule has 2 N–H and O–H groups in total. The first-order chi connectivity index (χ1) is 6.87. The Hall–Kier alpha value is -0.930. The van der Waals surface area contributed by atoms with E-state index in [-0.39, 0.29) is 5.41 Å². The molecule has 0 saturated carbocycles. The van der Waals surface area contributed by atoms with Crippen molar-refractivity contribution in [3.8, 4) is 0 Å². The third-order valence-corrected chi connectivity index (χ3v) is 2.89. The maximum atomic E-state index is 5.54. The zero-order valence-corrected chi connectivity index (χ0v) is 8.28. The van der Waals surface area contributed by atoms with Crippen LogP contribution in [0.5, 0.6) is 0 Å². The molecular weight excluding hydrogens is 176 g/mol. The Morgan fingerprint density at radius 2 is 2.36 bits per heavy atom. The fraction of sp³-hybridized carbons (Fsp3) is 0.545. The van der Waals surface area contributed by atoms with Gasteiger partial charge in [-0.1, -0.05) is 6.07 Å². The summed E-state index contributed by atoms with van der Waals surface area (Å²) in [6, 6.07) is 4.11. The third kappa shape index (κ3) is 1.65. The number of rotatable bonds is 4. The fourth-order valence-electron chi connectivity index (χ4n) is 1.92. The quantitative estimate of drug-likeness (QED) is 0.776. The van der Waals surface area contributed by atoms with Gasteiger partial charge in [0.1, 0.15) is 0 Å². The summed E-state index contributed by atoms with van der Waals surface area (Å²) in [6.07, 6.45) is 5.91. The highest BCUT2D eigenvalue weighted by Crippen LogP contribution is 2.36. The van der Waals surface area contributed by atoms with Crippen molar-refractivity contribution >= 4 is 0 Å². The summed E-state index contributed by atoms with van der Waals surface area (Å²) in [7, 11) is 0. The van der Waals surface area contributed by atoms with E-state index in [2.05, 4.69) is 11.1 Å². The Morgan fingerprint density at radius 3 is 2.86 bits per heavy atom. The average molecular weight is 192 g/mol. The molecule has 1 aliphatic rings. The molecule has 0 amide bonds. The van der Waals surface area contributed by atoms with Gasteiger partial charge in [-0.2, -0.15) is 0 Å². The lowest BCUT2D eigenvalue weighted by Crippen LogP contribution is -2.47. The van der Waals surface area contributed by atoms with Crippen molar-refractivity contribution in [2.45, 2.75) is 18.3 Å². The van der Waals surface area contributed by atoms with Crippen LogP contribution in [0.4, 0.5) is 0 Å². The van der Waals surface area contributed by atoms with Crippen LogP contribution in [0, 0.1) is 0 Å². The van der Waals surface area contributed by atoms with Crippen molar-refractivity contribution in [2.24, 2.45) is 5.73 Å². The highest BCUT2D eigenvalue weighted by Gasteiger charge is 2.39. The Morgan fingerprint density at radius 1 is 1.50 bits per heavy atom. The van der Waals surface area contributed by atoms with Crippen LogP contribution < -0.4 is 5.73 Å². The van der Waals surface area contributed by atoms with E-state index in [0.717, 1.165) is 32.6 Å². The van der Waals surface area contributed by atoms with Crippen molar-refractivity contribution in [1.29, 1.82) is 0 Å². The molecule has 1 aromatic heterocycles. The van der Waals surface area contributed by atoms with Crippen LogP contribution in [0.15, 0.2) is 24.5 Å². The molecule has 0 unspecified atom stereocenters. The Balaban J connectivity index is 2.12. The molecular formula is C11H16N2O. The number of ether oxygens (including phenoxy) is 1. The zero-order chi connectivity index (χ0) is 9.86. The monoisotopic (exact) mass is 192 g/mol. The molecule has 0 aromatic carbocycles. The smallest absolute Gasteiger partial charge is 0.0586 e. The van der Waals surface area contributed by atoms with E-state index in [9.17, 15) is 0 Å². The van der Waals surface area contributed by atoms with Crippen LogP contribution >= 0.6 is 0 Å². The van der Waals surface area contributed by atoms with Crippen LogP contribution in [0.25, 0.3) is 0 Å². The topological polar surface area (TPSA) is 48.1 Å². The molecule has 1 aliphatic heterocycles. The first-order valence-electron chi connectivity index (χ1n) is 5.06. The molecule has 1 aromatic rings. The Labute approximate surface area is 84.3 Å². The van der Waals surface area contributed by atoms with Gasteiger partial charge in [-0.3, -0.25) is 4.98 Å². The van der Waals surface area contributed by atoms with Gasteiger partial charge in [0.05, 0.1) is 13.2 Å². The fourth-order valence-corrected chi connectivity index (χ4v) is 1.92. The summed E-state index contributed by atoms with van der Waals surface area (Å²) in [5.41, 5.74) is 7.03. The Bertz CT molecular complexity index is 283. The second-order valence-electron chi connectivity index (χ2n) is 3.91. The minimum Gasteiger partial charge on any atom is -0.379 e. The summed E-state index contributed by atoms with van der Waals surface area (Å²) in [5.74, 6) is 0. The standard InChI is InChI=1S/C11H16N2O/c12-5-2-4-11(8-14-9-11)10-3-1-6-13-7-10/h1,3,6-7H,2,4-5,8-9,12H2. The van der Waals surface area contributed by atoms with Crippen molar-refractivity contribution in [1.82, 2.24) is 4.98 Å². The lowest BCUT2D eigenvalue weighted by molar-refractivity contribution is -0.0650. The number of hydrogen-bond donors (Lipinski definition) is 1. The van der Waals surface area contributed by atoms with Gasteiger partial charge in [-0.25, -0.2) is 0 Å². The summed E-state index contributed by atoms with van der Waals surface area (Å²) >= 11 is 0. The van der Waals surface area contributed by atoms with Crippen molar-refractivity contribution < 1.29 is 4.74 Å². The lowest BCUT2D eigenvalue weighted by atomic mass is 9.76. The largest absolute Gasteiger partial charge is 0.379 e. The van der Waals surface area contributed by atoms with Crippen molar-refractivity contribution in [2.75, 3.05) is 19.8 Å². The lowest BCUT2D eigenvalue weighted by Gasteiger charge is -2.41. The molecule has 76 valence electrons. The molecule has 0 spiro atoms. The first kappa shape index (κ1) is 9.62. The number of nitrogens with two attached hydrogens (primary N) is 1. The predicted octanol–water partition coefficient (Wildman–Crippen LogP) is 1.09. The highest BCUT2D eigenvalue weighted by molar-refractivity contribution is 5.24. The predicted molar refractivity (Wildman–Crippen MR) is 55.0 cm³/mol. The second-order valence-corrected chi connectivity index (χ2v) is 3.91.